The fourth-order valence-electron chi connectivity index (χ4n) is 2.43. The predicted octanol–water partition coefficient (Wildman–Crippen LogP) is 3.48. The Balaban J connectivity index is 0.00000112. The molecule has 2 atom stereocenters. The van der Waals surface area contributed by atoms with E-state index in [4.69, 9.17) is 5.73 Å². The SMILES string of the molecule is Cl.NC1CCCCC(c2ccccc2)C1. The quantitative estimate of drug-likeness (QED) is 0.728. The maximum Gasteiger partial charge on any atom is 0.00446 e. The van der Waals surface area contributed by atoms with Gasteiger partial charge in [-0.05, 0) is 30.7 Å². The smallest absolute Gasteiger partial charge is 0.00446 e. The van der Waals surface area contributed by atoms with Crippen molar-refractivity contribution in [2.45, 2.75) is 44.1 Å². The van der Waals surface area contributed by atoms with Crippen molar-refractivity contribution in [1.29, 1.82) is 0 Å². The van der Waals surface area contributed by atoms with Crippen LogP contribution in [0.2, 0.25) is 0 Å². The lowest BCUT2D eigenvalue weighted by Crippen LogP contribution is -2.20. The van der Waals surface area contributed by atoms with Gasteiger partial charge < -0.3 is 5.73 Å². The third kappa shape index (κ3) is 3.51. The highest BCUT2D eigenvalue weighted by atomic mass is 35.5. The molecule has 0 radical (unpaired) electrons. The van der Waals surface area contributed by atoms with Gasteiger partial charge in [0.15, 0.2) is 0 Å². The van der Waals surface area contributed by atoms with Crippen LogP contribution < -0.4 is 5.73 Å². The third-order valence-electron chi connectivity index (χ3n) is 3.24. The summed E-state index contributed by atoms with van der Waals surface area (Å²) < 4.78 is 0. The average Bonchev–Trinajstić information content (AvgIpc) is 2.44. The summed E-state index contributed by atoms with van der Waals surface area (Å²) in [5, 5.41) is 0. The third-order valence-corrected chi connectivity index (χ3v) is 3.24. The Hall–Kier alpha value is -0.530. The second kappa shape index (κ2) is 6.14. The summed E-state index contributed by atoms with van der Waals surface area (Å²) in [6, 6.07) is 11.2. The van der Waals surface area contributed by atoms with Crippen molar-refractivity contribution in [2.75, 3.05) is 0 Å². The molecule has 1 saturated carbocycles. The van der Waals surface area contributed by atoms with Crippen LogP contribution in [-0.2, 0) is 0 Å². The number of nitrogens with two attached hydrogens (primary N) is 1. The number of hydrogen-bond donors (Lipinski definition) is 1. The van der Waals surface area contributed by atoms with E-state index >= 15 is 0 Å². The minimum absolute atomic E-state index is 0. The van der Waals surface area contributed by atoms with Gasteiger partial charge in [0.05, 0.1) is 0 Å². The standard InChI is InChI=1S/C13H19N.ClH/c14-13-9-5-4-8-12(10-13)11-6-2-1-3-7-11;/h1-3,6-7,12-13H,4-5,8-10,14H2;1H. The molecule has 1 aromatic carbocycles. The van der Waals surface area contributed by atoms with Crippen LogP contribution in [0.4, 0.5) is 0 Å². The normalized spacial score (nSPS) is 26.5. The lowest BCUT2D eigenvalue weighted by Gasteiger charge is -2.17. The Kier molecular flexibility index (Phi) is 5.13. The Morgan fingerprint density at radius 2 is 1.67 bits per heavy atom. The minimum Gasteiger partial charge on any atom is -0.328 e. The highest BCUT2D eigenvalue weighted by Gasteiger charge is 2.18. The van der Waals surface area contributed by atoms with Crippen LogP contribution >= 0.6 is 12.4 Å². The fourth-order valence-corrected chi connectivity index (χ4v) is 2.43. The first-order chi connectivity index (χ1) is 6.86. The van der Waals surface area contributed by atoms with Crippen molar-refractivity contribution in [2.24, 2.45) is 5.73 Å². The second-order valence-electron chi connectivity index (χ2n) is 4.39. The molecule has 0 bridgehead atoms. The first-order valence-electron chi connectivity index (χ1n) is 5.67. The zero-order valence-electron chi connectivity index (χ0n) is 9.06. The Morgan fingerprint density at radius 1 is 1.00 bits per heavy atom. The number of benzene rings is 1. The van der Waals surface area contributed by atoms with Gasteiger partial charge in [0.25, 0.3) is 0 Å². The van der Waals surface area contributed by atoms with Gasteiger partial charge in [-0.1, -0.05) is 43.2 Å². The predicted molar refractivity (Wildman–Crippen MR) is 67.5 cm³/mol. The lowest BCUT2D eigenvalue weighted by atomic mass is 9.91. The van der Waals surface area contributed by atoms with E-state index in [1.807, 2.05) is 0 Å². The molecule has 2 heteroatoms. The van der Waals surface area contributed by atoms with Gasteiger partial charge in [0.2, 0.25) is 0 Å². The van der Waals surface area contributed by atoms with E-state index < -0.39 is 0 Å². The summed E-state index contributed by atoms with van der Waals surface area (Å²) in [4.78, 5) is 0. The highest BCUT2D eigenvalue weighted by Crippen LogP contribution is 2.30. The number of rotatable bonds is 1. The van der Waals surface area contributed by atoms with Gasteiger partial charge in [-0.25, -0.2) is 0 Å². The van der Waals surface area contributed by atoms with Crippen LogP contribution in [0, 0.1) is 0 Å². The Bertz CT molecular complexity index is 273. The zero-order chi connectivity index (χ0) is 9.80. The van der Waals surface area contributed by atoms with Crippen LogP contribution in [0.25, 0.3) is 0 Å². The van der Waals surface area contributed by atoms with Gasteiger partial charge in [-0.15, -0.1) is 12.4 Å². The monoisotopic (exact) mass is 225 g/mol. The summed E-state index contributed by atoms with van der Waals surface area (Å²) in [5.41, 5.74) is 7.54. The van der Waals surface area contributed by atoms with Crippen LogP contribution in [0.5, 0.6) is 0 Å². The van der Waals surface area contributed by atoms with Gasteiger partial charge in [-0.3, -0.25) is 0 Å². The first-order valence-corrected chi connectivity index (χ1v) is 5.67. The topological polar surface area (TPSA) is 26.0 Å². The van der Waals surface area contributed by atoms with Crippen molar-refractivity contribution < 1.29 is 0 Å². The van der Waals surface area contributed by atoms with Crippen LogP contribution in [0.3, 0.4) is 0 Å². The van der Waals surface area contributed by atoms with Crippen molar-refractivity contribution >= 4 is 12.4 Å². The van der Waals surface area contributed by atoms with Crippen molar-refractivity contribution in [3.8, 4) is 0 Å². The minimum atomic E-state index is 0. The molecule has 1 aromatic rings. The maximum absolute atomic E-state index is 6.06. The Morgan fingerprint density at radius 3 is 2.40 bits per heavy atom. The van der Waals surface area contributed by atoms with Crippen LogP contribution in [0.1, 0.15) is 43.6 Å². The van der Waals surface area contributed by atoms with Gasteiger partial charge in [0.1, 0.15) is 0 Å². The molecule has 1 aliphatic carbocycles. The molecule has 2 rings (SSSR count). The van der Waals surface area contributed by atoms with Crippen molar-refractivity contribution in [3.05, 3.63) is 35.9 Å². The molecule has 0 aliphatic heterocycles. The molecule has 0 spiro atoms. The molecule has 2 unspecified atom stereocenters. The molecule has 84 valence electrons. The summed E-state index contributed by atoms with van der Waals surface area (Å²) in [5.74, 6) is 0.702. The zero-order valence-corrected chi connectivity index (χ0v) is 9.88. The summed E-state index contributed by atoms with van der Waals surface area (Å²) in [6.07, 6.45) is 6.35. The average molecular weight is 226 g/mol. The van der Waals surface area contributed by atoms with E-state index in [2.05, 4.69) is 30.3 Å². The summed E-state index contributed by atoms with van der Waals surface area (Å²) >= 11 is 0. The maximum atomic E-state index is 6.06. The van der Waals surface area contributed by atoms with Crippen LogP contribution in [0.15, 0.2) is 30.3 Å². The molecule has 0 saturated heterocycles. The molecular weight excluding hydrogens is 206 g/mol. The van der Waals surface area contributed by atoms with Crippen molar-refractivity contribution in [3.63, 3.8) is 0 Å². The van der Waals surface area contributed by atoms with Crippen molar-refractivity contribution in [1.82, 2.24) is 0 Å². The molecule has 2 N–H and O–H groups in total. The summed E-state index contributed by atoms with van der Waals surface area (Å²) in [6.45, 7) is 0. The van der Waals surface area contributed by atoms with E-state index in [0.29, 0.717) is 12.0 Å². The van der Waals surface area contributed by atoms with E-state index in [0.717, 1.165) is 0 Å². The van der Waals surface area contributed by atoms with Crippen LogP contribution in [-0.4, -0.2) is 6.04 Å². The molecule has 1 nitrogen and oxygen atoms in total. The molecule has 0 heterocycles. The number of halogens is 1. The second-order valence-corrected chi connectivity index (χ2v) is 4.39. The van der Waals surface area contributed by atoms with E-state index in [1.165, 1.54) is 37.7 Å². The largest absolute Gasteiger partial charge is 0.328 e. The lowest BCUT2D eigenvalue weighted by molar-refractivity contribution is 0.535. The number of hydrogen-bond acceptors (Lipinski definition) is 1. The van der Waals surface area contributed by atoms with Gasteiger partial charge in [0, 0.05) is 6.04 Å². The van der Waals surface area contributed by atoms with E-state index in [-0.39, 0.29) is 12.4 Å². The molecular formula is C13H20ClN. The molecule has 1 fully saturated rings. The highest BCUT2D eigenvalue weighted by molar-refractivity contribution is 5.85. The van der Waals surface area contributed by atoms with E-state index in [1.54, 1.807) is 0 Å². The molecule has 15 heavy (non-hydrogen) atoms. The first kappa shape index (κ1) is 12.5. The van der Waals surface area contributed by atoms with E-state index in [9.17, 15) is 0 Å². The van der Waals surface area contributed by atoms with Gasteiger partial charge >= 0.3 is 0 Å². The molecule has 1 aliphatic rings. The Labute approximate surface area is 98.5 Å². The molecule has 0 amide bonds. The van der Waals surface area contributed by atoms with Gasteiger partial charge in [-0.2, -0.15) is 0 Å². The molecule has 0 aromatic heterocycles. The fraction of sp³-hybridized carbons (Fsp3) is 0.538. The summed E-state index contributed by atoms with van der Waals surface area (Å²) in [7, 11) is 0.